The monoisotopic (exact) mass is 465 g/mol. The number of aromatic nitrogens is 1. The van der Waals surface area contributed by atoms with E-state index in [-0.39, 0.29) is 12.2 Å². The zero-order chi connectivity index (χ0) is 23.8. The van der Waals surface area contributed by atoms with E-state index in [9.17, 15) is 29.4 Å². The Bertz CT molecular complexity index is 978. The van der Waals surface area contributed by atoms with E-state index in [4.69, 9.17) is 5.73 Å². The van der Waals surface area contributed by atoms with Crippen LogP contribution >= 0.6 is 12.6 Å². The number of nitrogens with one attached hydrogen (secondary N) is 4. The Labute approximate surface area is 189 Å². The number of H-pyrrole nitrogens is 1. The highest BCUT2D eigenvalue weighted by atomic mass is 32.1. The lowest BCUT2D eigenvalue weighted by atomic mass is 10.0. The topological polar surface area (TPSA) is 187 Å². The molecule has 32 heavy (non-hydrogen) atoms. The van der Waals surface area contributed by atoms with E-state index in [2.05, 4.69) is 33.6 Å². The van der Waals surface area contributed by atoms with Crippen molar-refractivity contribution in [1.82, 2.24) is 20.9 Å². The Morgan fingerprint density at radius 1 is 1.16 bits per heavy atom. The van der Waals surface area contributed by atoms with Crippen LogP contribution in [0, 0.1) is 0 Å². The first kappa shape index (κ1) is 25.2. The molecule has 0 fully saturated rings. The van der Waals surface area contributed by atoms with Gasteiger partial charge in [0.25, 0.3) is 0 Å². The standard InChI is InChI=1S/C20H27N5O6S/c1-10(26)17(25-18(28)13(21)9-32)19(29)23-8-16(27)24-15(20(30)31)6-11-7-22-14-5-3-2-4-12(11)14/h2-5,7,10,13,15,17,22,26,32H,6,8-9,21H2,1H3,(H,23,29)(H,24,27)(H,25,28)(H,30,31). The molecule has 12 heteroatoms. The minimum Gasteiger partial charge on any atom is -0.480 e. The molecule has 1 aromatic carbocycles. The molecule has 0 saturated heterocycles. The molecule has 4 unspecified atom stereocenters. The van der Waals surface area contributed by atoms with Crippen molar-refractivity contribution in [2.24, 2.45) is 5.73 Å². The van der Waals surface area contributed by atoms with Crippen molar-refractivity contribution >= 4 is 47.2 Å². The van der Waals surface area contributed by atoms with Crippen LogP contribution in [0.2, 0.25) is 0 Å². The van der Waals surface area contributed by atoms with E-state index in [1.54, 1.807) is 6.20 Å². The molecule has 3 amide bonds. The fraction of sp³-hybridized carbons (Fsp3) is 0.400. The molecular weight excluding hydrogens is 438 g/mol. The third-order valence-corrected chi connectivity index (χ3v) is 5.14. The molecule has 0 aliphatic rings. The van der Waals surface area contributed by atoms with Gasteiger partial charge in [0, 0.05) is 29.3 Å². The maximum atomic E-state index is 12.3. The number of carboxylic acid groups (broad SMARTS) is 1. The third-order valence-electron chi connectivity index (χ3n) is 4.75. The summed E-state index contributed by atoms with van der Waals surface area (Å²) in [5.74, 6) is -3.44. The summed E-state index contributed by atoms with van der Waals surface area (Å²) < 4.78 is 0. The molecule has 0 radical (unpaired) electrons. The lowest BCUT2D eigenvalue weighted by molar-refractivity contribution is -0.141. The molecular formula is C20H27N5O6S. The van der Waals surface area contributed by atoms with Gasteiger partial charge in [0.1, 0.15) is 12.1 Å². The van der Waals surface area contributed by atoms with Crippen molar-refractivity contribution < 1.29 is 29.4 Å². The summed E-state index contributed by atoms with van der Waals surface area (Å²) in [5.41, 5.74) is 7.10. The fourth-order valence-electron chi connectivity index (χ4n) is 2.99. The molecule has 11 nitrogen and oxygen atoms in total. The van der Waals surface area contributed by atoms with E-state index in [0.29, 0.717) is 0 Å². The Kier molecular flexibility index (Phi) is 9.05. The molecule has 0 saturated carbocycles. The van der Waals surface area contributed by atoms with E-state index in [0.717, 1.165) is 16.5 Å². The van der Waals surface area contributed by atoms with E-state index < -0.39 is 54.5 Å². The van der Waals surface area contributed by atoms with Gasteiger partial charge in [-0.2, -0.15) is 12.6 Å². The quantitative estimate of drug-likeness (QED) is 0.186. The van der Waals surface area contributed by atoms with Crippen LogP contribution in [0.3, 0.4) is 0 Å². The predicted octanol–water partition coefficient (Wildman–Crippen LogP) is -1.48. The molecule has 0 bridgehead atoms. The van der Waals surface area contributed by atoms with Gasteiger partial charge in [0.2, 0.25) is 17.7 Å². The summed E-state index contributed by atoms with van der Waals surface area (Å²) in [6.45, 7) is 0.743. The number of amides is 3. The lowest BCUT2D eigenvalue weighted by Gasteiger charge is -2.22. The molecule has 0 aliphatic heterocycles. The first-order valence-corrected chi connectivity index (χ1v) is 10.5. The molecule has 1 heterocycles. The molecule has 8 N–H and O–H groups in total. The number of carbonyl (C=O) groups is 4. The van der Waals surface area contributed by atoms with Gasteiger partial charge in [-0.1, -0.05) is 18.2 Å². The van der Waals surface area contributed by atoms with Crippen LogP contribution in [0.1, 0.15) is 12.5 Å². The highest BCUT2D eigenvalue weighted by Crippen LogP contribution is 2.19. The van der Waals surface area contributed by atoms with E-state index in [1.807, 2.05) is 24.3 Å². The van der Waals surface area contributed by atoms with Crippen molar-refractivity contribution in [2.45, 2.75) is 37.6 Å². The zero-order valence-corrected chi connectivity index (χ0v) is 18.3. The maximum absolute atomic E-state index is 12.3. The van der Waals surface area contributed by atoms with Crippen LogP contribution < -0.4 is 21.7 Å². The minimum absolute atomic E-state index is 0.0347. The number of aromatic amines is 1. The van der Waals surface area contributed by atoms with E-state index in [1.165, 1.54) is 6.92 Å². The summed E-state index contributed by atoms with van der Waals surface area (Å²) in [6, 6.07) is 3.81. The average Bonchev–Trinajstić information content (AvgIpc) is 3.17. The van der Waals surface area contributed by atoms with Crippen LogP contribution in [-0.4, -0.2) is 75.4 Å². The highest BCUT2D eigenvalue weighted by Gasteiger charge is 2.28. The second kappa shape index (κ2) is 11.5. The number of benzene rings is 1. The SMILES string of the molecule is CC(O)C(NC(=O)C(N)CS)C(=O)NCC(=O)NC(Cc1c[nH]c2ccccc12)C(=O)O. The number of nitrogens with two attached hydrogens (primary N) is 1. The maximum Gasteiger partial charge on any atom is 0.326 e. The average molecular weight is 466 g/mol. The number of fused-ring (bicyclic) bond motifs is 1. The van der Waals surface area contributed by atoms with Gasteiger partial charge >= 0.3 is 5.97 Å². The number of para-hydroxylation sites is 1. The van der Waals surface area contributed by atoms with Gasteiger partial charge in [-0.25, -0.2) is 4.79 Å². The number of hydrogen-bond donors (Lipinski definition) is 8. The van der Waals surface area contributed by atoms with Gasteiger partial charge in [-0.05, 0) is 18.6 Å². The second-order valence-corrected chi connectivity index (χ2v) is 7.62. The molecule has 174 valence electrons. The number of aliphatic hydroxyl groups excluding tert-OH is 1. The minimum atomic E-state index is -1.34. The summed E-state index contributed by atoms with van der Waals surface area (Å²) >= 11 is 3.90. The summed E-state index contributed by atoms with van der Waals surface area (Å²) in [5, 5.41) is 27.1. The first-order chi connectivity index (χ1) is 15.1. The number of carboxylic acids is 1. The zero-order valence-electron chi connectivity index (χ0n) is 17.4. The Morgan fingerprint density at radius 2 is 1.84 bits per heavy atom. The Balaban J connectivity index is 1.95. The molecule has 2 aromatic rings. The van der Waals surface area contributed by atoms with Crippen molar-refractivity contribution in [3.8, 4) is 0 Å². The molecule has 1 aromatic heterocycles. The molecule has 0 aliphatic carbocycles. The van der Waals surface area contributed by atoms with Crippen LogP contribution in [-0.2, 0) is 25.6 Å². The van der Waals surface area contributed by atoms with Gasteiger partial charge in [0.15, 0.2) is 0 Å². The second-order valence-electron chi connectivity index (χ2n) is 7.26. The van der Waals surface area contributed by atoms with Gasteiger partial charge in [-0.3, -0.25) is 14.4 Å². The summed E-state index contributed by atoms with van der Waals surface area (Å²) in [7, 11) is 0. The Hall–Kier alpha value is -3.09. The highest BCUT2D eigenvalue weighted by molar-refractivity contribution is 7.80. The van der Waals surface area contributed by atoms with Gasteiger partial charge in [0.05, 0.1) is 18.7 Å². The molecule has 0 spiro atoms. The van der Waals surface area contributed by atoms with Gasteiger partial charge < -0.3 is 36.9 Å². The molecule has 2 rings (SSSR count). The Morgan fingerprint density at radius 3 is 2.47 bits per heavy atom. The number of thiol groups is 1. The fourth-order valence-corrected chi connectivity index (χ4v) is 3.16. The van der Waals surface area contributed by atoms with Crippen LogP contribution in [0.5, 0.6) is 0 Å². The van der Waals surface area contributed by atoms with Gasteiger partial charge in [-0.15, -0.1) is 0 Å². The largest absolute Gasteiger partial charge is 0.480 e. The lowest BCUT2D eigenvalue weighted by Crippen LogP contribution is -2.57. The number of carbonyl (C=O) groups excluding carboxylic acids is 3. The normalized spacial score (nSPS) is 14.8. The number of hydrogen-bond acceptors (Lipinski definition) is 7. The van der Waals surface area contributed by atoms with Crippen molar-refractivity contribution in [3.63, 3.8) is 0 Å². The predicted molar refractivity (Wildman–Crippen MR) is 120 cm³/mol. The third kappa shape index (κ3) is 6.70. The summed E-state index contributed by atoms with van der Waals surface area (Å²) in [4.78, 5) is 51.1. The molecule has 4 atom stereocenters. The van der Waals surface area contributed by atoms with Crippen LogP contribution in [0.4, 0.5) is 0 Å². The van der Waals surface area contributed by atoms with Crippen molar-refractivity contribution in [3.05, 3.63) is 36.0 Å². The van der Waals surface area contributed by atoms with E-state index >= 15 is 0 Å². The smallest absolute Gasteiger partial charge is 0.326 e. The number of aliphatic carboxylic acids is 1. The van der Waals surface area contributed by atoms with Crippen molar-refractivity contribution in [1.29, 1.82) is 0 Å². The number of rotatable bonds is 11. The van der Waals surface area contributed by atoms with Crippen LogP contribution in [0.15, 0.2) is 30.5 Å². The first-order valence-electron chi connectivity index (χ1n) is 9.83. The summed E-state index contributed by atoms with van der Waals surface area (Å²) in [6.07, 6.45) is 0.454. The van der Waals surface area contributed by atoms with Crippen molar-refractivity contribution in [2.75, 3.05) is 12.3 Å². The number of aliphatic hydroxyl groups is 1. The van der Waals surface area contributed by atoms with Crippen LogP contribution in [0.25, 0.3) is 10.9 Å².